The third kappa shape index (κ3) is 4.65. The molecule has 2 aliphatic rings. The second-order valence-electron chi connectivity index (χ2n) is 9.43. The number of benzene rings is 2. The number of rotatable bonds is 7. The zero-order valence-corrected chi connectivity index (χ0v) is 19.8. The van der Waals surface area contributed by atoms with Crippen LogP contribution in [0.5, 0.6) is 0 Å². The number of hydrogen-bond donors (Lipinski definition) is 2. The van der Waals surface area contributed by atoms with Crippen molar-refractivity contribution in [1.29, 1.82) is 0 Å². The molecule has 1 fully saturated rings. The second kappa shape index (κ2) is 9.87. The molecule has 34 heavy (non-hydrogen) atoms. The molecule has 2 aromatic carbocycles. The zero-order chi connectivity index (χ0) is 24.3. The van der Waals surface area contributed by atoms with Crippen LogP contribution in [0.25, 0.3) is 11.1 Å². The summed E-state index contributed by atoms with van der Waals surface area (Å²) in [4.78, 5) is 38.7. The van der Waals surface area contributed by atoms with E-state index in [4.69, 9.17) is 4.74 Å². The van der Waals surface area contributed by atoms with Crippen LogP contribution in [0.2, 0.25) is 0 Å². The first kappa shape index (κ1) is 23.8. The largest absolute Gasteiger partial charge is 0.481 e. The number of carbonyl (C=O) groups is 3. The molecule has 4 rings (SSSR count). The number of piperidine rings is 1. The van der Waals surface area contributed by atoms with Gasteiger partial charge < -0.3 is 20.1 Å². The van der Waals surface area contributed by atoms with Crippen molar-refractivity contribution in [1.82, 2.24) is 10.2 Å². The van der Waals surface area contributed by atoms with Gasteiger partial charge in [-0.2, -0.15) is 0 Å². The van der Waals surface area contributed by atoms with Crippen LogP contribution in [0.1, 0.15) is 56.6 Å². The maximum atomic E-state index is 12.8. The Kier molecular flexibility index (Phi) is 6.91. The molecule has 2 amide bonds. The van der Waals surface area contributed by atoms with Crippen molar-refractivity contribution < 1.29 is 24.2 Å². The van der Waals surface area contributed by atoms with Crippen molar-refractivity contribution in [3.63, 3.8) is 0 Å². The number of ether oxygens (including phenoxy) is 1. The first-order valence-corrected chi connectivity index (χ1v) is 12.0. The minimum atomic E-state index is -0.878. The van der Waals surface area contributed by atoms with Crippen molar-refractivity contribution in [2.45, 2.75) is 51.5 Å². The molecule has 2 atom stereocenters. The molecule has 1 unspecified atom stereocenters. The predicted octanol–water partition coefficient (Wildman–Crippen LogP) is 4.41. The Morgan fingerprint density at radius 3 is 2.32 bits per heavy atom. The molecule has 7 nitrogen and oxygen atoms in total. The highest BCUT2D eigenvalue weighted by Crippen LogP contribution is 2.44. The molecule has 1 heterocycles. The van der Waals surface area contributed by atoms with E-state index >= 15 is 0 Å². The average molecular weight is 465 g/mol. The SMILES string of the molecule is CCC1(C(=O)O)CCCN(C(=O)C[C@@H](C)NC(=O)OCC2c3ccccc3-c3ccccc32)C1. The van der Waals surface area contributed by atoms with Crippen LogP contribution in [-0.2, 0) is 14.3 Å². The summed E-state index contributed by atoms with van der Waals surface area (Å²) in [6.07, 6.45) is 1.27. The monoisotopic (exact) mass is 464 g/mol. The lowest BCUT2D eigenvalue weighted by molar-refractivity contribution is -0.155. The maximum Gasteiger partial charge on any atom is 0.407 e. The van der Waals surface area contributed by atoms with E-state index in [1.807, 2.05) is 31.2 Å². The highest BCUT2D eigenvalue weighted by Gasteiger charge is 2.42. The minimum Gasteiger partial charge on any atom is -0.481 e. The molecule has 1 saturated heterocycles. The number of carboxylic acids is 1. The van der Waals surface area contributed by atoms with Crippen molar-refractivity contribution in [2.75, 3.05) is 19.7 Å². The standard InChI is InChI=1S/C27H32N2O5/c1-3-27(25(31)32)13-8-14-29(17-27)24(30)15-18(2)28-26(33)34-16-23-21-11-6-4-9-19(21)20-10-5-7-12-22(20)23/h4-7,9-12,18,23H,3,8,13-17H2,1-2H3,(H,28,33)(H,31,32)/t18-,27?/m1/s1. The van der Waals surface area contributed by atoms with Crippen LogP contribution in [0.15, 0.2) is 48.5 Å². The van der Waals surface area contributed by atoms with Crippen LogP contribution in [0.4, 0.5) is 4.79 Å². The molecule has 2 aromatic rings. The maximum absolute atomic E-state index is 12.8. The van der Waals surface area contributed by atoms with E-state index in [0.717, 1.165) is 22.3 Å². The molecule has 2 N–H and O–H groups in total. The number of nitrogens with one attached hydrogen (secondary N) is 1. The Balaban J connectivity index is 1.31. The Bertz CT molecular complexity index is 1040. The predicted molar refractivity (Wildman–Crippen MR) is 128 cm³/mol. The minimum absolute atomic E-state index is 0.0263. The number of alkyl carbamates (subject to hydrolysis) is 1. The van der Waals surface area contributed by atoms with Gasteiger partial charge >= 0.3 is 12.1 Å². The van der Waals surface area contributed by atoms with E-state index in [9.17, 15) is 19.5 Å². The molecule has 7 heteroatoms. The number of carboxylic acid groups (broad SMARTS) is 1. The summed E-state index contributed by atoms with van der Waals surface area (Å²) in [7, 11) is 0. The molecule has 1 aliphatic heterocycles. The fourth-order valence-corrected chi connectivity index (χ4v) is 5.24. The number of nitrogens with zero attached hydrogens (tertiary/aromatic N) is 1. The van der Waals surface area contributed by atoms with Gasteiger partial charge in [0, 0.05) is 31.5 Å². The van der Waals surface area contributed by atoms with Gasteiger partial charge in [-0.1, -0.05) is 55.5 Å². The Morgan fingerprint density at radius 1 is 1.12 bits per heavy atom. The number of hydrogen-bond acceptors (Lipinski definition) is 4. The topological polar surface area (TPSA) is 95.9 Å². The van der Waals surface area contributed by atoms with Crippen molar-refractivity contribution in [3.8, 4) is 11.1 Å². The van der Waals surface area contributed by atoms with Gasteiger partial charge in [0.1, 0.15) is 6.61 Å². The van der Waals surface area contributed by atoms with E-state index in [-0.39, 0.29) is 31.4 Å². The van der Waals surface area contributed by atoms with Gasteiger partial charge in [0.2, 0.25) is 5.91 Å². The molecular weight excluding hydrogens is 432 g/mol. The first-order valence-electron chi connectivity index (χ1n) is 12.0. The molecule has 0 spiro atoms. The van der Waals surface area contributed by atoms with Crippen molar-refractivity contribution >= 4 is 18.0 Å². The highest BCUT2D eigenvalue weighted by atomic mass is 16.5. The van der Waals surface area contributed by atoms with Gasteiger partial charge in [0.25, 0.3) is 0 Å². The summed E-state index contributed by atoms with van der Waals surface area (Å²) < 4.78 is 5.57. The summed E-state index contributed by atoms with van der Waals surface area (Å²) in [6, 6.07) is 15.9. The molecule has 0 aromatic heterocycles. The zero-order valence-electron chi connectivity index (χ0n) is 19.8. The Morgan fingerprint density at radius 2 is 1.74 bits per heavy atom. The molecule has 180 valence electrons. The number of aliphatic carboxylic acids is 1. The van der Waals surface area contributed by atoms with Gasteiger partial charge in [0.05, 0.1) is 5.41 Å². The molecule has 0 bridgehead atoms. The quantitative estimate of drug-likeness (QED) is 0.633. The van der Waals surface area contributed by atoms with Gasteiger partial charge in [0.15, 0.2) is 0 Å². The van der Waals surface area contributed by atoms with Gasteiger partial charge in [-0.3, -0.25) is 9.59 Å². The molecular formula is C27H32N2O5. The van der Waals surface area contributed by atoms with E-state index in [2.05, 4.69) is 29.6 Å². The smallest absolute Gasteiger partial charge is 0.407 e. The number of fused-ring (bicyclic) bond motifs is 3. The first-order chi connectivity index (χ1) is 16.3. The molecule has 0 saturated carbocycles. The fraction of sp³-hybridized carbons (Fsp3) is 0.444. The molecule has 0 radical (unpaired) electrons. The van der Waals surface area contributed by atoms with Gasteiger partial charge in [-0.25, -0.2) is 4.79 Å². The Labute approximate surface area is 200 Å². The van der Waals surface area contributed by atoms with E-state index in [1.54, 1.807) is 11.8 Å². The van der Waals surface area contributed by atoms with Crippen LogP contribution < -0.4 is 5.32 Å². The van der Waals surface area contributed by atoms with E-state index in [0.29, 0.717) is 25.8 Å². The van der Waals surface area contributed by atoms with E-state index in [1.165, 1.54) is 0 Å². The van der Waals surface area contributed by atoms with E-state index < -0.39 is 23.5 Å². The second-order valence-corrected chi connectivity index (χ2v) is 9.43. The van der Waals surface area contributed by atoms with Crippen molar-refractivity contribution in [2.24, 2.45) is 5.41 Å². The highest BCUT2D eigenvalue weighted by molar-refractivity contribution is 5.81. The Hall–Kier alpha value is -3.35. The normalized spacial score (nSPS) is 20.2. The summed E-state index contributed by atoms with van der Waals surface area (Å²) in [5, 5.41) is 12.4. The van der Waals surface area contributed by atoms with Crippen LogP contribution >= 0.6 is 0 Å². The van der Waals surface area contributed by atoms with Gasteiger partial charge in [-0.05, 0) is 48.4 Å². The molecule has 1 aliphatic carbocycles. The lowest BCUT2D eigenvalue weighted by Crippen LogP contribution is -2.50. The van der Waals surface area contributed by atoms with Crippen molar-refractivity contribution in [3.05, 3.63) is 59.7 Å². The van der Waals surface area contributed by atoms with Crippen LogP contribution in [-0.4, -0.2) is 53.7 Å². The van der Waals surface area contributed by atoms with Crippen LogP contribution in [0.3, 0.4) is 0 Å². The number of likely N-dealkylation sites (tertiary alicyclic amines) is 1. The number of carbonyl (C=O) groups excluding carboxylic acids is 2. The third-order valence-corrected chi connectivity index (χ3v) is 7.25. The third-order valence-electron chi connectivity index (χ3n) is 7.25. The summed E-state index contributed by atoms with van der Waals surface area (Å²) in [6.45, 7) is 4.59. The summed E-state index contributed by atoms with van der Waals surface area (Å²) >= 11 is 0. The lowest BCUT2D eigenvalue weighted by Gasteiger charge is -2.39. The van der Waals surface area contributed by atoms with Crippen LogP contribution in [0, 0.1) is 5.41 Å². The summed E-state index contributed by atoms with van der Waals surface area (Å²) in [5.74, 6) is -1.02. The van der Waals surface area contributed by atoms with Gasteiger partial charge in [-0.15, -0.1) is 0 Å². The average Bonchev–Trinajstić information content (AvgIpc) is 3.16. The fourth-order valence-electron chi connectivity index (χ4n) is 5.24. The summed E-state index contributed by atoms with van der Waals surface area (Å²) in [5.41, 5.74) is 3.73. The lowest BCUT2D eigenvalue weighted by atomic mass is 9.77. The number of amides is 2.